The van der Waals surface area contributed by atoms with Crippen molar-refractivity contribution in [2.75, 3.05) is 31.3 Å². The number of anilines is 1. The molecule has 9 nitrogen and oxygen atoms in total. The van der Waals surface area contributed by atoms with Gasteiger partial charge in [-0.25, -0.2) is 8.42 Å². The number of nitrogens with one attached hydrogen (secondary N) is 1. The number of hydrogen-bond acceptors (Lipinski definition) is 6. The van der Waals surface area contributed by atoms with Crippen LogP contribution in [0, 0.1) is 0 Å². The zero-order valence-corrected chi connectivity index (χ0v) is 24.8. The second-order valence-electron chi connectivity index (χ2n) is 8.82. The van der Waals surface area contributed by atoms with Gasteiger partial charge in [-0.1, -0.05) is 43.1 Å². The lowest BCUT2D eigenvalue weighted by Gasteiger charge is -2.33. The monoisotopic (exact) mass is 587 g/mol. The van der Waals surface area contributed by atoms with Gasteiger partial charge in [-0.3, -0.25) is 13.9 Å². The first kappa shape index (κ1) is 31.5. The maximum atomic E-state index is 13.8. The van der Waals surface area contributed by atoms with E-state index in [0.29, 0.717) is 39.9 Å². The zero-order valence-electron chi connectivity index (χ0n) is 22.5. The first-order chi connectivity index (χ1) is 17.9. The Labute approximate surface area is 235 Å². The Morgan fingerprint density at radius 3 is 2.16 bits per heavy atom. The number of methoxy groups -OCH3 is 2. The SMILES string of the molecule is CC[C@H](C)NC(=O)[C@H](CC)N(Cc1ccc(Cl)c(Cl)c1)C(=O)CN(c1ccc(OC)c(OC)c1)S(C)(=O)=O. The second kappa shape index (κ2) is 13.9. The molecule has 12 heteroatoms. The summed E-state index contributed by atoms with van der Waals surface area (Å²) in [6.07, 6.45) is 2.03. The molecule has 0 radical (unpaired) electrons. The Morgan fingerprint density at radius 2 is 1.63 bits per heavy atom. The summed E-state index contributed by atoms with van der Waals surface area (Å²) in [5.74, 6) is -0.183. The number of amides is 2. The summed E-state index contributed by atoms with van der Waals surface area (Å²) < 4.78 is 37.1. The van der Waals surface area contributed by atoms with Gasteiger partial charge in [0.2, 0.25) is 21.8 Å². The molecule has 0 aliphatic heterocycles. The van der Waals surface area contributed by atoms with Crippen molar-refractivity contribution in [3.05, 3.63) is 52.0 Å². The molecule has 2 rings (SSSR count). The molecule has 2 aromatic carbocycles. The van der Waals surface area contributed by atoms with Gasteiger partial charge < -0.3 is 19.7 Å². The predicted octanol–water partition coefficient (Wildman–Crippen LogP) is 4.50. The van der Waals surface area contributed by atoms with Crippen molar-refractivity contribution < 1.29 is 27.5 Å². The molecule has 2 amide bonds. The third-order valence-corrected chi connectivity index (χ3v) is 7.94. The summed E-state index contributed by atoms with van der Waals surface area (Å²) in [7, 11) is -1.01. The molecular formula is C26H35Cl2N3O6S. The van der Waals surface area contributed by atoms with E-state index in [-0.39, 0.29) is 24.2 Å². The van der Waals surface area contributed by atoms with E-state index in [1.165, 1.54) is 31.3 Å². The van der Waals surface area contributed by atoms with Crippen LogP contribution < -0.4 is 19.1 Å². The Balaban J connectivity index is 2.51. The maximum Gasteiger partial charge on any atom is 0.244 e. The van der Waals surface area contributed by atoms with Crippen molar-refractivity contribution in [2.24, 2.45) is 0 Å². The number of carbonyl (C=O) groups excluding carboxylic acids is 2. The molecule has 0 spiro atoms. The van der Waals surface area contributed by atoms with E-state index in [1.807, 2.05) is 13.8 Å². The number of hydrogen-bond donors (Lipinski definition) is 1. The third-order valence-electron chi connectivity index (χ3n) is 6.06. The highest BCUT2D eigenvalue weighted by molar-refractivity contribution is 7.92. The van der Waals surface area contributed by atoms with Crippen LogP contribution in [0.5, 0.6) is 11.5 Å². The van der Waals surface area contributed by atoms with Crippen LogP contribution in [0.25, 0.3) is 0 Å². The molecule has 0 fully saturated rings. The lowest BCUT2D eigenvalue weighted by Crippen LogP contribution is -2.53. The Morgan fingerprint density at radius 1 is 0.974 bits per heavy atom. The maximum absolute atomic E-state index is 13.8. The fourth-order valence-corrected chi connectivity index (χ4v) is 4.95. The minimum atomic E-state index is -3.90. The molecule has 0 saturated carbocycles. The summed E-state index contributed by atoms with van der Waals surface area (Å²) in [4.78, 5) is 28.4. The van der Waals surface area contributed by atoms with Gasteiger partial charge in [-0.15, -0.1) is 0 Å². The smallest absolute Gasteiger partial charge is 0.244 e. The molecule has 0 bridgehead atoms. The fourth-order valence-electron chi connectivity index (χ4n) is 3.79. The van der Waals surface area contributed by atoms with Crippen molar-refractivity contribution in [3.63, 3.8) is 0 Å². The first-order valence-corrected chi connectivity index (χ1v) is 14.7. The highest BCUT2D eigenvalue weighted by Crippen LogP contribution is 2.32. The van der Waals surface area contributed by atoms with Gasteiger partial charge in [0.25, 0.3) is 0 Å². The molecule has 0 aromatic heterocycles. The highest BCUT2D eigenvalue weighted by Gasteiger charge is 2.32. The number of benzene rings is 2. The van der Waals surface area contributed by atoms with E-state index in [9.17, 15) is 18.0 Å². The van der Waals surface area contributed by atoms with E-state index < -0.39 is 28.5 Å². The van der Waals surface area contributed by atoms with E-state index in [2.05, 4.69) is 5.32 Å². The standard InChI is InChI=1S/C26H35Cl2N3O6S/c1-7-17(3)29-26(33)22(8-2)30(15-18-9-11-20(27)21(28)13-18)25(32)16-31(38(6,34)35)19-10-12-23(36-4)24(14-19)37-5/h9-14,17,22H,7-8,15-16H2,1-6H3,(H,29,33)/t17-,22-/m0/s1. The van der Waals surface area contributed by atoms with E-state index in [4.69, 9.17) is 32.7 Å². The van der Waals surface area contributed by atoms with Crippen LogP contribution in [-0.4, -0.2) is 64.2 Å². The molecular weight excluding hydrogens is 553 g/mol. The molecule has 0 saturated heterocycles. The minimum absolute atomic E-state index is 0.0195. The topological polar surface area (TPSA) is 105 Å². The number of ether oxygens (including phenoxy) is 2. The first-order valence-electron chi connectivity index (χ1n) is 12.1. The van der Waals surface area contributed by atoms with Crippen LogP contribution in [0.15, 0.2) is 36.4 Å². The van der Waals surface area contributed by atoms with Crippen molar-refractivity contribution in [2.45, 2.75) is 52.2 Å². The van der Waals surface area contributed by atoms with Crippen LogP contribution in [-0.2, 0) is 26.2 Å². The Hall–Kier alpha value is -2.69. The summed E-state index contributed by atoms with van der Waals surface area (Å²) in [6, 6.07) is 8.53. The largest absolute Gasteiger partial charge is 0.493 e. The van der Waals surface area contributed by atoms with Crippen LogP contribution >= 0.6 is 23.2 Å². The van der Waals surface area contributed by atoms with Crippen LogP contribution in [0.4, 0.5) is 5.69 Å². The van der Waals surface area contributed by atoms with Crippen LogP contribution in [0.3, 0.4) is 0 Å². The second-order valence-corrected chi connectivity index (χ2v) is 11.5. The number of rotatable bonds is 13. The predicted molar refractivity (Wildman–Crippen MR) is 151 cm³/mol. The normalized spacial score (nSPS) is 12.8. The third kappa shape index (κ3) is 8.15. The van der Waals surface area contributed by atoms with Gasteiger partial charge >= 0.3 is 0 Å². The molecule has 38 heavy (non-hydrogen) atoms. The van der Waals surface area contributed by atoms with E-state index in [0.717, 1.165) is 10.6 Å². The zero-order chi connectivity index (χ0) is 28.6. The molecule has 2 atom stereocenters. The summed E-state index contributed by atoms with van der Waals surface area (Å²) in [5.41, 5.74) is 0.852. The average molecular weight is 589 g/mol. The van der Waals surface area contributed by atoms with Gasteiger partial charge in [0.05, 0.1) is 36.2 Å². The number of sulfonamides is 1. The summed E-state index contributed by atoms with van der Waals surface area (Å²) in [5, 5.41) is 3.58. The van der Waals surface area contributed by atoms with Crippen molar-refractivity contribution in [1.29, 1.82) is 0 Å². The van der Waals surface area contributed by atoms with Gasteiger partial charge in [0.15, 0.2) is 11.5 Å². The van der Waals surface area contributed by atoms with E-state index >= 15 is 0 Å². The molecule has 2 aromatic rings. The summed E-state index contributed by atoms with van der Waals surface area (Å²) in [6.45, 7) is 5.09. The van der Waals surface area contributed by atoms with Gasteiger partial charge in [-0.2, -0.15) is 0 Å². The van der Waals surface area contributed by atoms with Crippen LogP contribution in [0.2, 0.25) is 10.0 Å². The molecule has 0 aliphatic carbocycles. The lowest BCUT2D eigenvalue weighted by atomic mass is 10.1. The summed E-state index contributed by atoms with van der Waals surface area (Å²) >= 11 is 12.3. The average Bonchev–Trinajstić information content (AvgIpc) is 2.87. The van der Waals surface area contributed by atoms with Gasteiger partial charge in [-0.05, 0) is 49.6 Å². The fraction of sp³-hybridized carbons (Fsp3) is 0.462. The minimum Gasteiger partial charge on any atom is -0.493 e. The number of halogens is 2. The van der Waals surface area contributed by atoms with Crippen LogP contribution in [0.1, 0.15) is 39.2 Å². The number of nitrogens with zero attached hydrogens (tertiary/aromatic N) is 2. The molecule has 0 unspecified atom stereocenters. The molecule has 0 heterocycles. The number of carbonyl (C=O) groups is 2. The quantitative estimate of drug-likeness (QED) is 0.370. The van der Waals surface area contributed by atoms with Gasteiger partial charge in [0.1, 0.15) is 12.6 Å². The molecule has 210 valence electrons. The Bertz CT molecular complexity index is 1240. The van der Waals surface area contributed by atoms with Crippen molar-refractivity contribution in [1.82, 2.24) is 10.2 Å². The highest BCUT2D eigenvalue weighted by atomic mass is 35.5. The van der Waals surface area contributed by atoms with Crippen molar-refractivity contribution >= 4 is 50.7 Å². The Kier molecular flexibility index (Phi) is 11.5. The van der Waals surface area contributed by atoms with Gasteiger partial charge in [0, 0.05) is 18.7 Å². The molecule has 1 N–H and O–H groups in total. The van der Waals surface area contributed by atoms with Crippen molar-refractivity contribution in [3.8, 4) is 11.5 Å². The molecule has 0 aliphatic rings. The van der Waals surface area contributed by atoms with E-state index in [1.54, 1.807) is 31.2 Å². The lowest BCUT2D eigenvalue weighted by molar-refractivity contribution is -0.140.